The molecule has 0 amide bonds. The van der Waals surface area contributed by atoms with Gasteiger partial charge in [-0.1, -0.05) is 25.1 Å². The van der Waals surface area contributed by atoms with Crippen LogP contribution in [-0.4, -0.2) is 0 Å². The van der Waals surface area contributed by atoms with Gasteiger partial charge in [0.15, 0.2) is 0 Å². The lowest BCUT2D eigenvalue weighted by Crippen LogP contribution is -2.17. The van der Waals surface area contributed by atoms with Crippen molar-refractivity contribution in [2.45, 2.75) is 32.6 Å². The van der Waals surface area contributed by atoms with Crippen LogP contribution in [0.5, 0.6) is 0 Å². The summed E-state index contributed by atoms with van der Waals surface area (Å²) in [7, 11) is 0. The predicted octanol–water partition coefficient (Wildman–Crippen LogP) is 4.62. The second-order valence-electron chi connectivity index (χ2n) is 4.48. The fraction of sp³-hybridized carbons (Fsp3) is 0.333. The Morgan fingerprint density at radius 1 is 1.05 bits per heavy atom. The molecular formula is C15H16F3NS. The summed E-state index contributed by atoms with van der Waals surface area (Å²) < 4.78 is 38.5. The SMILES string of the molecule is CCc1ccsc1CNCc1ccccc1C(F)(F)F. The van der Waals surface area contributed by atoms with Crippen molar-refractivity contribution in [3.8, 4) is 0 Å². The third kappa shape index (κ3) is 3.61. The number of benzene rings is 1. The van der Waals surface area contributed by atoms with Crippen molar-refractivity contribution in [2.24, 2.45) is 0 Å². The highest BCUT2D eigenvalue weighted by Crippen LogP contribution is 2.31. The first-order chi connectivity index (χ1) is 9.52. The number of thiophene rings is 1. The van der Waals surface area contributed by atoms with Gasteiger partial charge in [-0.15, -0.1) is 11.3 Å². The van der Waals surface area contributed by atoms with Gasteiger partial charge in [-0.25, -0.2) is 0 Å². The molecule has 0 spiro atoms. The first-order valence-corrected chi connectivity index (χ1v) is 7.31. The van der Waals surface area contributed by atoms with E-state index in [1.54, 1.807) is 17.4 Å². The maximum Gasteiger partial charge on any atom is 0.416 e. The molecule has 0 saturated heterocycles. The average Bonchev–Trinajstić information content (AvgIpc) is 2.85. The number of nitrogens with one attached hydrogen (secondary N) is 1. The van der Waals surface area contributed by atoms with Crippen LogP contribution in [0, 0.1) is 0 Å². The second kappa shape index (κ2) is 6.41. The molecule has 0 radical (unpaired) electrons. The Kier molecular flexibility index (Phi) is 4.83. The Labute approximate surface area is 120 Å². The first-order valence-electron chi connectivity index (χ1n) is 6.43. The fourth-order valence-corrected chi connectivity index (χ4v) is 3.04. The van der Waals surface area contributed by atoms with E-state index in [9.17, 15) is 13.2 Å². The van der Waals surface area contributed by atoms with E-state index in [-0.39, 0.29) is 12.1 Å². The zero-order valence-electron chi connectivity index (χ0n) is 11.1. The molecule has 0 aliphatic carbocycles. The number of alkyl halides is 3. The monoisotopic (exact) mass is 299 g/mol. The van der Waals surface area contributed by atoms with E-state index in [4.69, 9.17) is 0 Å². The van der Waals surface area contributed by atoms with Gasteiger partial charge < -0.3 is 5.32 Å². The van der Waals surface area contributed by atoms with Crippen LogP contribution >= 0.6 is 11.3 Å². The average molecular weight is 299 g/mol. The van der Waals surface area contributed by atoms with Crippen LogP contribution in [0.3, 0.4) is 0 Å². The molecule has 0 fully saturated rings. The fourth-order valence-electron chi connectivity index (χ4n) is 2.10. The molecule has 0 aliphatic heterocycles. The molecule has 0 unspecified atom stereocenters. The van der Waals surface area contributed by atoms with E-state index >= 15 is 0 Å². The molecule has 1 aromatic heterocycles. The summed E-state index contributed by atoms with van der Waals surface area (Å²) in [5, 5.41) is 5.12. The van der Waals surface area contributed by atoms with Crippen LogP contribution in [-0.2, 0) is 25.7 Å². The number of aryl methyl sites for hydroxylation is 1. The van der Waals surface area contributed by atoms with Crippen molar-refractivity contribution < 1.29 is 13.2 Å². The van der Waals surface area contributed by atoms with E-state index in [1.165, 1.54) is 22.6 Å². The van der Waals surface area contributed by atoms with E-state index in [2.05, 4.69) is 18.3 Å². The minimum atomic E-state index is -4.30. The smallest absolute Gasteiger partial charge is 0.308 e. The van der Waals surface area contributed by atoms with Crippen LogP contribution in [0.4, 0.5) is 13.2 Å². The third-order valence-electron chi connectivity index (χ3n) is 3.14. The molecule has 1 heterocycles. The number of rotatable bonds is 5. The largest absolute Gasteiger partial charge is 0.416 e. The summed E-state index contributed by atoms with van der Waals surface area (Å²) in [5.41, 5.74) is 0.982. The van der Waals surface area contributed by atoms with Gasteiger partial charge in [0.2, 0.25) is 0 Å². The molecule has 2 rings (SSSR count). The molecule has 2 aromatic rings. The molecule has 1 aromatic carbocycles. The highest BCUT2D eigenvalue weighted by atomic mass is 32.1. The molecule has 0 atom stereocenters. The summed E-state index contributed by atoms with van der Waals surface area (Å²) in [5.74, 6) is 0. The Bertz CT molecular complexity index is 560. The van der Waals surface area contributed by atoms with Gasteiger partial charge in [-0.3, -0.25) is 0 Å². The first kappa shape index (κ1) is 15.1. The van der Waals surface area contributed by atoms with Gasteiger partial charge in [0, 0.05) is 18.0 Å². The van der Waals surface area contributed by atoms with Crippen LogP contribution in [0.1, 0.15) is 28.5 Å². The Morgan fingerprint density at radius 3 is 2.50 bits per heavy atom. The molecule has 1 N–H and O–H groups in total. The Morgan fingerprint density at radius 2 is 1.80 bits per heavy atom. The van der Waals surface area contributed by atoms with Crippen molar-refractivity contribution in [2.75, 3.05) is 0 Å². The topological polar surface area (TPSA) is 12.0 Å². The number of hydrogen-bond donors (Lipinski definition) is 1. The summed E-state index contributed by atoms with van der Waals surface area (Å²) in [6.45, 7) is 2.90. The van der Waals surface area contributed by atoms with Gasteiger partial charge in [-0.05, 0) is 35.1 Å². The number of hydrogen-bond acceptors (Lipinski definition) is 2. The van der Waals surface area contributed by atoms with Gasteiger partial charge in [0.05, 0.1) is 5.56 Å². The lowest BCUT2D eigenvalue weighted by Gasteiger charge is -2.13. The van der Waals surface area contributed by atoms with Gasteiger partial charge in [0.1, 0.15) is 0 Å². The molecule has 0 saturated carbocycles. The molecule has 108 valence electrons. The molecule has 1 nitrogen and oxygen atoms in total. The maximum atomic E-state index is 12.8. The van der Waals surface area contributed by atoms with Crippen molar-refractivity contribution in [3.05, 3.63) is 57.3 Å². The zero-order chi connectivity index (χ0) is 14.6. The quantitative estimate of drug-likeness (QED) is 0.849. The lowest BCUT2D eigenvalue weighted by atomic mass is 10.1. The predicted molar refractivity (Wildman–Crippen MR) is 75.7 cm³/mol. The summed E-state index contributed by atoms with van der Waals surface area (Å²) in [6, 6.07) is 7.76. The van der Waals surface area contributed by atoms with Crippen LogP contribution in [0.2, 0.25) is 0 Å². The van der Waals surface area contributed by atoms with Crippen LogP contribution < -0.4 is 5.32 Å². The van der Waals surface area contributed by atoms with Crippen molar-refractivity contribution in [1.29, 1.82) is 0 Å². The van der Waals surface area contributed by atoms with Crippen LogP contribution in [0.25, 0.3) is 0 Å². The Hall–Kier alpha value is -1.33. The molecule has 0 bridgehead atoms. The van der Waals surface area contributed by atoms with Crippen molar-refractivity contribution in [3.63, 3.8) is 0 Å². The lowest BCUT2D eigenvalue weighted by molar-refractivity contribution is -0.138. The minimum Gasteiger partial charge on any atom is -0.308 e. The minimum absolute atomic E-state index is 0.219. The highest BCUT2D eigenvalue weighted by molar-refractivity contribution is 7.10. The molecule has 20 heavy (non-hydrogen) atoms. The standard InChI is InChI=1S/C15H16F3NS/c1-2-11-7-8-20-14(11)10-19-9-12-5-3-4-6-13(12)15(16,17)18/h3-8,19H,2,9-10H2,1H3. The number of halogens is 3. The van der Waals surface area contributed by atoms with Crippen molar-refractivity contribution in [1.82, 2.24) is 5.32 Å². The van der Waals surface area contributed by atoms with Gasteiger partial charge >= 0.3 is 6.18 Å². The van der Waals surface area contributed by atoms with Gasteiger partial charge in [-0.2, -0.15) is 13.2 Å². The molecule has 5 heteroatoms. The summed E-state index contributed by atoms with van der Waals surface area (Å²) >= 11 is 1.63. The zero-order valence-corrected chi connectivity index (χ0v) is 11.9. The third-order valence-corrected chi connectivity index (χ3v) is 4.11. The van der Waals surface area contributed by atoms with Crippen molar-refractivity contribution >= 4 is 11.3 Å². The van der Waals surface area contributed by atoms with E-state index < -0.39 is 11.7 Å². The highest BCUT2D eigenvalue weighted by Gasteiger charge is 2.32. The summed E-state index contributed by atoms with van der Waals surface area (Å²) in [6.07, 6.45) is -3.35. The summed E-state index contributed by atoms with van der Waals surface area (Å²) in [4.78, 5) is 1.19. The van der Waals surface area contributed by atoms with E-state index in [0.717, 1.165) is 12.5 Å². The van der Waals surface area contributed by atoms with Gasteiger partial charge in [0.25, 0.3) is 0 Å². The molecular weight excluding hydrogens is 283 g/mol. The Balaban J connectivity index is 2.02. The van der Waals surface area contributed by atoms with Crippen LogP contribution in [0.15, 0.2) is 35.7 Å². The maximum absolute atomic E-state index is 12.8. The van der Waals surface area contributed by atoms with E-state index in [1.807, 2.05) is 5.38 Å². The molecule has 0 aliphatic rings. The normalized spacial score (nSPS) is 11.8. The van der Waals surface area contributed by atoms with E-state index in [0.29, 0.717) is 6.54 Å². The second-order valence-corrected chi connectivity index (χ2v) is 5.48.